The van der Waals surface area contributed by atoms with Crippen molar-refractivity contribution in [1.82, 2.24) is 9.78 Å². The summed E-state index contributed by atoms with van der Waals surface area (Å²) >= 11 is 1.92. The first-order chi connectivity index (χ1) is 9.26. The number of hydrogen-bond donors (Lipinski definition) is 1. The summed E-state index contributed by atoms with van der Waals surface area (Å²) in [5.41, 5.74) is 9.15. The number of nitrogens with two attached hydrogens (primary N) is 1. The molecule has 2 aromatic heterocycles. The molecule has 19 heavy (non-hydrogen) atoms. The van der Waals surface area contributed by atoms with E-state index in [1.807, 2.05) is 22.2 Å². The normalized spacial score (nSPS) is 16.3. The molecular formula is C15H21N3S. The van der Waals surface area contributed by atoms with Gasteiger partial charge in [-0.3, -0.25) is 4.68 Å². The monoisotopic (exact) mass is 275 g/mol. The van der Waals surface area contributed by atoms with Crippen LogP contribution < -0.4 is 5.73 Å². The van der Waals surface area contributed by atoms with Gasteiger partial charge in [0, 0.05) is 28.5 Å². The molecule has 2 heterocycles. The van der Waals surface area contributed by atoms with Crippen molar-refractivity contribution in [2.75, 3.05) is 0 Å². The molecule has 0 aromatic carbocycles. The SMILES string of the molecule is CCn1cc(CC(N)c2cc3c(s2)CCCC3)cn1. The summed E-state index contributed by atoms with van der Waals surface area (Å²) in [5, 5.41) is 4.31. The Hall–Kier alpha value is -1.13. The van der Waals surface area contributed by atoms with Crippen molar-refractivity contribution in [2.24, 2.45) is 5.73 Å². The van der Waals surface area contributed by atoms with Gasteiger partial charge in [0.15, 0.2) is 0 Å². The fraction of sp³-hybridized carbons (Fsp3) is 0.533. The van der Waals surface area contributed by atoms with Gasteiger partial charge in [0.25, 0.3) is 0 Å². The van der Waals surface area contributed by atoms with E-state index in [9.17, 15) is 0 Å². The van der Waals surface area contributed by atoms with Crippen LogP contribution in [0.4, 0.5) is 0 Å². The van der Waals surface area contributed by atoms with Gasteiger partial charge in [0.2, 0.25) is 0 Å². The second-order valence-electron chi connectivity index (χ2n) is 5.32. The number of thiophene rings is 1. The largest absolute Gasteiger partial charge is 0.323 e. The van der Waals surface area contributed by atoms with Crippen molar-refractivity contribution in [3.05, 3.63) is 39.3 Å². The van der Waals surface area contributed by atoms with E-state index in [1.165, 1.54) is 36.1 Å². The second-order valence-corrected chi connectivity index (χ2v) is 6.49. The van der Waals surface area contributed by atoms with E-state index in [0.29, 0.717) is 0 Å². The molecular weight excluding hydrogens is 254 g/mol. The second kappa shape index (κ2) is 5.47. The summed E-state index contributed by atoms with van der Waals surface area (Å²) < 4.78 is 1.96. The zero-order valence-corrected chi connectivity index (χ0v) is 12.2. The maximum Gasteiger partial charge on any atom is 0.0522 e. The fourth-order valence-electron chi connectivity index (χ4n) is 2.74. The van der Waals surface area contributed by atoms with Gasteiger partial charge in [-0.05, 0) is 56.2 Å². The number of nitrogens with zero attached hydrogens (tertiary/aromatic N) is 2. The molecule has 2 aromatic rings. The number of fused-ring (bicyclic) bond motifs is 1. The zero-order chi connectivity index (χ0) is 13.2. The van der Waals surface area contributed by atoms with Crippen LogP contribution in [0, 0.1) is 0 Å². The predicted molar refractivity (Wildman–Crippen MR) is 79.5 cm³/mol. The quantitative estimate of drug-likeness (QED) is 0.932. The van der Waals surface area contributed by atoms with Crippen molar-refractivity contribution in [3.63, 3.8) is 0 Å². The minimum Gasteiger partial charge on any atom is -0.323 e. The summed E-state index contributed by atoms with van der Waals surface area (Å²) in [6, 6.07) is 2.46. The molecule has 4 heteroatoms. The van der Waals surface area contributed by atoms with Crippen molar-refractivity contribution in [3.8, 4) is 0 Å². The molecule has 1 atom stereocenters. The van der Waals surface area contributed by atoms with E-state index in [-0.39, 0.29) is 6.04 Å². The lowest BCUT2D eigenvalue weighted by Gasteiger charge is -2.08. The van der Waals surface area contributed by atoms with E-state index in [2.05, 4.69) is 24.3 Å². The van der Waals surface area contributed by atoms with Crippen LogP contribution in [-0.2, 0) is 25.8 Å². The minimum atomic E-state index is 0.116. The van der Waals surface area contributed by atoms with Crippen LogP contribution in [0.1, 0.15) is 46.7 Å². The fourth-order valence-corrected chi connectivity index (χ4v) is 3.99. The van der Waals surface area contributed by atoms with E-state index in [0.717, 1.165) is 13.0 Å². The summed E-state index contributed by atoms with van der Waals surface area (Å²) in [6.45, 7) is 3.02. The van der Waals surface area contributed by atoms with Crippen LogP contribution in [-0.4, -0.2) is 9.78 Å². The van der Waals surface area contributed by atoms with Gasteiger partial charge < -0.3 is 5.73 Å². The summed E-state index contributed by atoms with van der Waals surface area (Å²) in [6.07, 6.45) is 10.1. The van der Waals surface area contributed by atoms with Gasteiger partial charge in [0.05, 0.1) is 6.20 Å². The highest BCUT2D eigenvalue weighted by molar-refractivity contribution is 7.12. The molecule has 0 aliphatic heterocycles. The average molecular weight is 275 g/mol. The van der Waals surface area contributed by atoms with Gasteiger partial charge >= 0.3 is 0 Å². The highest BCUT2D eigenvalue weighted by atomic mass is 32.1. The van der Waals surface area contributed by atoms with Gasteiger partial charge in [-0.25, -0.2) is 0 Å². The molecule has 1 aliphatic carbocycles. The van der Waals surface area contributed by atoms with Crippen molar-refractivity contribution >= 4 is 11.3 Å². The van der Waals surface area contributed by atoms with Gasteiger partial charge in [0.1, 0.15) is 0 Å². The topological polar surface area (TPSA) is 43.8 Å². The Labute approximate surface area is 118 Å². The van der Waals surface area contributed by atoms with E-state index in [1.54, 1.807) is 10.4 Å². The van der Waals surface area contributed by atoms with Gasteiger partial charge in [-0.2, -0.15) is 5.10 Å². The molecule has 1 unspecified atom stereocenters. The Morgan fingerprint density at radius 3 is 3.00 bits per heavy atom. The first kappa shape index (κ1) is 12.9. The summed E-state index contributed by atoms with van der Waals surface area (Å²) in [7, 11) is 0. The first-order valence-corrected chi connectivity index (χ1v) is 7.96. The Balaban J connectivity index is 1.72. The van der Waals surface area contributed by atoms with Crippen LogP contribution in [0.15, 0.2) is 18.5 Å². The van der Waals surface area contributed by atoms with Crippen LogP contribution in [0.3, 0.4) is 0 Å². The van der Waals surface area contributed by atoms with Crippen LogP contribution >= 0.6 is 11.3 Å². The third kappa shape index (κ3) is 2.74. The maximum atomic E-state index is 6.36. The standard InChI is InChI=1S/C15H21N3S/c1-2-18-10-11(9-17-18)7-13(16)15-8-12-5-3-4-6-14(12)19-15/h8-10,13H,2-7,16H2,1H3. The molecule has 0 saturated heterocycles. The van der Waals surface area contributed by atoms with Crippen LogP contribution in [0.25, 0.3) is 0 Å². The molecule has 0 fully saturated rings. The Morgan fingerprint density at radius 1 is 1.42 bits per heavy atom. The molecule has 3 nitrogen and oxygen atoms in total. The first-order valence-electron chi connectivity index (χ1n) is 7.14. The van der Waals surface area contributed by atoms with Crippen LogP contribution in [0.5, 0.6) is 0 Å². The molecule has 2 N–H and O–H groups in total. The lowest BCUT2D eigenvalue weighted by atomic mass is 9.98. The van der Waals surface area contributed by atoms with E-state index < -0.39 is 0 Å². The molecule has 0 bridgehead atoms. The third-order valence-electron chi connectivity index (χ3n) is 3.85. The molecule has 0 radical (unpaired) electrons. The Kier molecular flexibility index (Phi) is 3.71. The smallest absolute Gasteiger partial charge is 0.0522 e. The molecule has 102 valence electrons. The Bertz CT molecular complexity index is 532. The minimum absolute atomic E-state index is 0.116. The predicted octanol–water partition coefficient (Wildman–Crippen LogP) is 3.09. The average Bonchev–Trinajstić information content (AvgIpc) is 3.04. The number of aryl methyl sites for hydroxylation is 3. The van der Waals surface area contributed by atoms with E-state index in [4.69, 9.17) is 5.73 Å². The van der Waals surface area contributed by atoms with Gasteiger partial charge in [-0.1, -0.05) is 0 Å². The molecule has 3 rings (SSSR count). The van der Waals surface area contributed by atoms with Gasteiger partial charge in [-0.15, -0.1) is 11.3 Å². The van der Waals surface area contributed by atoms with E-state index >= 15 is 0 Å². The lowest BCUT2D eigenvalue weighted by Crippen LogP contribution is -2.11. The highest BCUT2D eigenvalue weighted by Gasteiger charge is 2.17. The number of rotatable bonds is 4. The zero-order valence-electron chi connectivity index (χ0n) is 11.4. The summed E-state index contributed by atoms with van der Waals surface area (Å²) in [5.74, 6) is 0. The molecule has 0 amide bonds. The summed E-state index contributed by atoms with van der Waals surface area (Å²) in [4.78, 5) is 2.91. The number of hydrogen-bond acceptors (Lipinski definition) is 3. The highest BCUT2D eigenvalue weighted by Crippen LogP contribution is 2.33. The van der Waals surface area contributed by atoms with Crippen LogP contribution in [0.2, 0.25) is 0 Å². The van der Waals surface area contributed by atoms with Crippen molar-refractivity contribution < 1.29 is 0 Å². The third-order valence-corrected chi connectivity index (χ3v) is 5.22. The number of aromatic nitrogens is 2. The molecule has 1 aliphatic rings. The molecule has 0 spiro atoms. The van der Waals surface area contributed by atoms with Crippen molar-refractivity contribution in [2.45, 2.75) is 51.6 Å². The Morgan fingerprint density at radius 2 is 2.26 bits per heavy atom. The van der Waals surface area contributed by atoms with Crippen molar-refractivity contribution in [1.29, 1.82) is 0 Å². The maximum absolute atomic E-state index is 6.36. The molecule has 0 saturated carbocycles. The lowest BCUT2D eigenvalue weighted by molar-refractivity contribution is 0.657.